The van der Waals surface area contributed by atoms with Gasteiger partial charge in [-0.1, -0.05) is 43.7 Å². The molecule has 0 heterocycles. The zero-order chi connectivity index (χ0) is 18.4. The zero-order valence-electron chi connectivity index (χ0n) is 16.2. The maximum absolute atomic E-state index is 10.8. The van der Waals surface area contributed by atoms with Crippen LogP contribution in [0.15, 0.2) is 58.2 Å². The van der Waals surface area contributed by atoms with Gasteiger partial charge in [-0.2, -0.15) is 0 Å². The molecule has 136 valence electrons. The highest BCUT2D eigenvalue weighted by atomic mass is 16.4. The van der Waals surface area contributed by atoms with Crippen molar-refractivity contribution in [3.63, 3.8) is 0 Å². The lowest BCUT2D eigenvalue weighted by Gasteiger charge is -2.33. The molecule has 0 saturated carbocycles. The molecule has 0 unspecified atom stereocenters. The highest BCUT2D eigenvalue weighted by Crippen LogP contribution is 2.41. The summed E-state index contributed by atoms with van der Waals surface area (Å²) >= 11 is 0. The van der Waals surface area contributed by atoms with Gasteiger partial charge in [-0.05, 0) is 86.5 Å². The van der Waals surface area contributed by atoms with Gasteiger partial charge in [-0.25, -0.2) is 4.79 Å². The predicted molar refractivity (Wildman–Crippen MR) is 105 cm³/mol. The summed E-state index contributed by atoms with van der Waals surface area (Å²) in [5, 5.41) is 8.84. The second-order valence-corrected chi connectivity index (χ2v) is 8.08. The van der Waals surface area contributed by atoms with E-state index in [-0.39, 0.29) is 5.41 Å². The Balaban J connectivity index is 2.26. The van der Waals surface area contributed by atoms with E-state index in [1.54, 1.807) is 0 Å². The van der Waals surface area contributed by atoms with Gasteiger partial charge in [0.15, 0.2) is 0 Å². The first-order valence-electron chi connectivity index (χ1n) is 9.49. The first-order chi connectivity index (χ1) is 11.8. The number of carboxylic acids is 1. The Morgan fingerprint density at radius 1 is 1.00 bits per heavy atom. The smallest absolute Gasteiger partial charge is 0.328 e. The van der Waals surface area contributed by atoms with Crippen molar-refractivity contribution in [2.75, 3.05) is 0 Å². The van der Waals surface area contributed by atoms with Crippen LogP contribution in [0.1, 0.15) is 72.6 Å². The molecule has 0 atom stereocenters. The monoisotopic (exact) mass is 340 g/mol. The summed E-state index contributed by atoms with van der Waals surface area (Å²) < 4.78 is 0. The molecular weight excluding hydrogens is 308 g/mol. The van der Waals surface area contributed by atoms with Crippen molar-refractivity contribution < 1.29 is 9.90 Å². The number of carboxylic acid groups (broad SMARTS) is 1. The molecule has 0 amide bonds. The molecule has 0 aliphatic heterocycles. The fourth-order valence-electron chi connectivity index (χ4n) is 4.00. The quantitative estimate of drug-likeness (QED) is 0.456. The fourth-order valence-corrected chi connectivity index (χ4v) is 4.00. The molecule has 2 nitrogen and oxygen atoms in total. The Morgan fingerprint density at radius 2 is 1.64 bits per heavy atom. The molecular formula is C23H32O2. The van der Waals surface area contributed by atoms with Crippen LogP contribution in [-0.4, -0.2) is 11.1 Å². The van der Waals surface area contributed by atoms with E-state index in [9.17, 15) is 4.79 Å². The van der Waals surface area contributed by atoms with Gasteiger partial charge in [0.2, 0.25) is 0 Å². The third-order valence-corrected chi connectivity index (χ3v) is 5.45. The second kappa shape index (κ2) is 8.51. The van der Waals surface area contributed by atoms with Gasteiger partial charge in [0.25, 0.3) is 0 Å². The second-order valence-electron chi connectivity index (χ2n) is 8.08. The van der Waals surface area contributed by atoms with Gasteiger partial charge in [0.1, 0.15) is 0 Å². The molecule has 0 fully saturated rings. The van der Waals surface area contributed by atoms with Crippen molar-refractivity contribution >= 4 is 5.97 Å². The van der Waals surface area contributed by atoms with Crippen molar-refractivity contribution in [2.24, 2.45) is 5.41 Å². The van der Waals surface area contributed by atoms with Crippen molar-refractivity contribution in [1.29, 1.82) is 0 Å². The summed E-state index contributed by atoms with van der Waals surface area (Å²) in [6.07, 6.45) is 18.4. The first-order valence-corrected chi connectivity index (χ1v) is 9.49. The van der Waals surface area contributed by atoms with Gasteiger partial charge in [-0.3, -0.25) is 0 Å². The summed E-state index contributed by atoms with van der Waals surface area (Å²) in [5.41, 5.74) is 6.84. The Morgan fingerprint density at radius 3 is 2.24 bits per heavy atom. The SMILES string of the molecule is CC(C=CC1=C(C=CC2=C(C)CCCC2(C)C)CCCC1)=CC(=O)O. The third kappa shape index (κ3) is 5.59. The van der Waals surface area contributed by atoms with E-state index in [2.05, 4.69) is 39.0 Å². The van der Waals surface area contributed by atoms with Crippen LogP contribution in [0.4, 0.5) is 0 Å². The van der Waals surface area contributed by atoms with Crippen molar-refractivity contribution in [3.8, 4) is 0 Å². The molecule has 0 saturated heterocycles. The standard InChI is InChI=1S/C23H32O2/c1-17(16-22(24)25)11-12-19-9-5-6-10-20(19)13-14-21-18(2)8-7-15-23(21,3)4/h11-14,16H,5-10,15H2,1-4H3,(H,24,25). The van der Waals surface area contributed by atoms with Gasteiger partial charge >= 0.3 is 5.97 Å². The lowest BCUT2D eigenvalue weighted by Crippen LogP contribution is -2.19. The van der Waals surface area contributed by atoms with Crippen LogP contribution in [0.5, 0.6) is 0 Å². The van der Waals surface area contributed by atoms with E-state index in [0.29, 0.717) is 0 Å². The third-order valence-electron chi connectivity index (χ3n) is 5.45. The van der Waals surface area contributed by atoms with E-state index < -0.39 is 5.97 Å². The van der Waals surface area contributed by atoms with E-state index >= 15 is 0 Å². The summed E-state index contributed by atoms with van der Waals surface area (Å²) in [6, 6.07) is 0. The highest BCUT2D eigenvalue weighted by molar-refractivity contribution is 5.81. The van der Waals surface area contributed by atoms with Crippen molar-refractivity contribution in [3.05, 3.63) is 58.2 Å². The number of allylic oxidation sites excluding steroid dienone is 9. The normalized spacial score (nSPS) is 22.3. The molecule has 0 aromatic rings. The first kappa shape index (κ1) is 19.5. The molecule has 2 aliphatic carbocycles. The number of aliphatic carboxylic acids is 1. The Bertz CT molecular complexity index is 666. The predicted octanol–water partition coefficient (Wildman–Crippen LogP) is 6.53. The van der Waals surface area contributed by atoms with Crippen molar-refractivity contribution in [2.45, 2.75) is 72.6 Å². The highest BCUT2D eigenvalue weighted by Gasteiger charge is 2.26. The molecule has 25 heavy (non-hydrogen) atoms. The van der Waals surface area contributed by atoms with Gasteiger partial charge in [0, 0.05) is 6.08 Å². The summed E-state index contributed by atoms with van der Waals surface area (Å²) in [4.78, 5) is 10.8. The molecule has 1 N–H and O–H groups in total. The van der Waals surface area contributed by atoms with Crippen LogP contribution in [0.25, 0.3) is 0 Å². The molecule has 0 aromatic carbocycles. The Kier molecular flexibility index (Phi) is 6.64. The van der Waals surface area contributed by atoms with Crippen LogP contribution in [-0.2, 0) is 4.79 Å². The maximum Gasteiger partial charge on any atom is 0.328 e. The van der Waals surface area contributed by atoms with E-state index in [1.165, 1.54) is 60.5 Å². The summed E-state index contributed by atoms with van der Waals surface area (Å²) in [7, 11) is 0. The molecule has 2 aliphatic rings. The Labute approximate surface area is 152 Å². The fraction of sp³-hybridized carbons (Fsp3) is 0.522. The minimum atomic E-state index is -0.887. The molecule has 0 bridgehead atoms. The van der Waals surface area contributed by atoms with Crippen LogP contribution < -0.4 is 0 Å². The summed E-state index contributed by atoms with van der Waals surface area (Å²) in [6.45, 7) is 8.82. The van der Waals surface area contributed by atoms with Crippen LogP contribution in [0, 0.1) is 5.41 Å². The van der Waals surface area contributed by atoms with E-state index in [4.69, 9.17) is 5.11 Å². The Hall–Kier alpha value is -1.83. The van der Waals surface area contributed by atoms with Gasteiger partial charge < -0.3 is 5.11 Å². The molecule has 0 radical (unpaired) electrons. The number of hydrogen-bond donors (Lipinski definition) is 1. The maximum atomic E-state index is 10.8. The molecule has 0 spiro atoms. The van der Waals surface area contributed by atoms with E-state index in [1.807, 2.05) is 13.0 Å². The largest absolute Gasteiger partial charge is 0.478 e. The average molecular weight is 341 g/mol. The lowest BCUT2D eigenvalue weighted by molar-refractivity contribution is -0.131. The van der Waals surface area contributed by atoms with E-state index in [0.717, 1.165) is 18.4 Å². The lowest BCUT2D eigenvalue weighted by atomic mass is 9.72. The topological polar surface area (TPSA) is 37.3 Å². The van der Waals surface area contributed by atoms with Gasteiger partial charge in [0.05, 0.1) is 0 Å². The zero-order valence-corrected chi connectivity index (χ0v) is 16.2. The number of rotatable bonds is 5. The average Bonchev–Trinajstić information content (AvgIpc) is 2.52. The molecule has 0 aromatic heterocycles. The minimum absolute atomic E-state index is 0.269. The summed E-state index contributed by atoms with van der Waals surface area (Å²) in [5.74, 6) is -0.887. The van der Waals surface area contributed by atoms with Crippen molar-refractivity contribution in [1.82, 2.24) is 0 Å². The molecule has 2 heteroatoms. The molecule has 2 rings (SSSR count). The van der Waals surface area contributed by atoms with Crippen LogP contribution in [0.2, 0.25) is 0 Å². The number of carbonyl (C=O) groups is 1. The number of hydrogen-bond acceptors (Lipinski definition) is 1. The minimum Gasteiger partial charge on any atom is -0.478 e. The van der Waals surface area contributed by atoms with Gasteiger partial charge in [-0.15, -0.1) is 0 Å². The van der Waals surface area contributed by atoms with Crippen LogP contribution in [0.3, 0.4) is 0 Å². The van der Waals surface area contributed by atoms with Crippen LogP contribution >= 0.6 is 0 Å².